The number of halogens is 1. The van der Waals surface area contributed by atoms with E-state index in [4.69, 9.17) is 0 Å². The number of aromatic hydroxyl groups is 1. The average Bonchev–Trinajstić information content (AvgIpc) is 2.71. The summed E-state index contributed by atoms with van der Waals surface area (Å²) < 4.78 is 15.3. The lowest BCUT2D eigenvalue weighted by Gasteiger charge is -2.32. The molecule has 9 heteroatoms. The molecule has 1 aliphatic carbocycles. The Kier molecular flexibility index (Phi) is 4.99. The Balaban J connectivity index is 1.68. The van der Waals surface area contributed by atoms with E-state index in [-0.39, 0.29) is 31.1 Å². The maximum atomic E-state index is 13.1. The normalized spacial score (nSPS) is 21.9. The molecular weight excluding hydrogens is 381 g/mol. The van der Waals surface area contributed by atoms with Crippen molar-refractivity contribution in [2.45, 2.75) is 50.9 Å². The van der Waals surface area contributed by atoms with E-state index in [9.17, 15) is 29.0 Å². The van der Waals surface area contributed by atoms with Crippen molar-refractivity contribution in [1.29, 1.82) is 0 Å². The number of benzene rings is 1. The topological polar surface area (TPSA) is 105 Å². The molecule has 0 unspecified atom stereocenters. The second-order valence-corrected chi connectivity index (χ2v) is 7.62. The summed E-state index contributed by atoms with van der Waals surface area (Å²) in [6.07, 6.45) is 1.42. The predicted octanol–water partition coefficient (Wildman–Crippen LogP) is 0.987. The molecule has 1 amide bonds. The molecule has 2 aromatic rings. The van der Waals surface area contributed by atoms with E-state index in [0.29, 0.717) is 31.2 Å². The number of amides is 1. The van der Waals surface area contributed by atoms with Crippen molar-refractivity contribution in [2.75, 3.05) is 6.54 Å². The zero-order chi connectivity index (χ0) is 20.7. The van der Waals surface area contributed by atoms with Gasteiger partial charge in [-0.25, -0.2) is 9.18 Å². The van der Waals surface area contributed by atoms with E-state index in [2.05, 4.69) is 0 Å². The molecule has 0 bridgehead atoms. The third-order valence-corrected chi connectivity index (χ3v) is 5.75. The van der Waals surface area contributed by atoms with E-state index in [0.717, 1.165) is 9.13 Å². The van der Waals surface area contributed by atoms with Crippen LogP contribution in [0.3, 0.4) is 0 Å². The quantitative estimate of drug-likeness (QED) is 0.795. The lowest BCUT2D eigenvalue weighted by atomic mass is 9.93. The molecule has 1 aromatic carbocycles. The van der Waals surface area contributed by atoms with Crippen molar-refractivity contribution in [3.63, 3.8) is 0 Å². The van der Waals surface area contributed by atoms with Crippen LogP contribution >= 0.6 is 0 Å². The van der Waals surface area contributed by atoms with Gasteiger partial charge in [0.25, 0.3) is 11.5 Å². The lowest BCUT2D eigenvalue weighted by molar-refractivity contribution is 0.0674. The van der Waals surface area contributed by atoms with Gasteiger partial charge in [-0.2, -0.15) is 0 Å². The first kappa shape index (κ1) is 19.4. The first-order chi connectivity index (χ1) is 13.9. The summed E-state index contributed by atoms with van der Waals surface area (Å²) in [6, 6.07) is 5.28. The lowest BCUT2D eigenvalue weighted by Crippen LogP contribution is -2.51. The van der Waals surface area contributed by atoms with Crippen molar-refractivity contribution >= 4 is 5.91 Å². The zero-order valence-electron chi connectivity index (χ0n) is 15.8. The van der Waals surface area contributed by atoms with Crippen LogP contribution in [0.15, 0.2) is 33.9 Å². The van der Waals surface area contributed by atoms with Gasteiger partial charge in [0.15, 0.2) is 5.69 Å². The van der Waals surface area contributed by atoms with Gasteiger partial charge in [-0.1, -0.05) is 12.1 Å². The highest BCUT2D eigenvalue weighted by molar-refractivity contribution is 5.95. The maximum absolute atomic E-state index is 13.1. The molecule has 1 aliphatic heterocycles. The summed E-state index contributed by atoms with van der Waals surface area (Å²) in [4.78, 5) is 40.0. The molecule has 4 rings (SSSR count). The Morgan fingerprint density at radius 2 is 1.66 bits per heavy atom. The number of aromatic nitrogens is 2. The van der Waals surface area contributed by atoms with Gasteiger partial charge in [-0.05, 0) is 43.4 Å². The molecule has 1 fully saturated rings. The number of carbonyl (C=O) groups is 1. The van der Waals surface area contributed by atoms with E-state index in [1.807, 2.05) is 0 Å². The second kappa shape index (κ2) is 7.47. The van der Waals surface area contributed by atoms with Crippen molar-refractivity contribution in [3.8, 4) is 5.75 Å². The van der Waals surface area contributed by atoms with Gasteiger partial charge >= 0.3 is 5.69 Å². The number of rotatable bonds is 3. The highest BCUT2D eigenvalue weighted by Gasteiger charge is 2.34. The van der Waals surface area contributed by atoms with Gasteiger partial charge in [0, 0.05) is 25.7 Å². The van der Waals surface area contributed by atoms with Crippen LogP contribution in [0.4, 0.5) is 4.39 Å². The zero-order valence-corrected chi connectivity index (χ0v) is 15.8. The fourth-order valence-electron chi connectivity index (χ4n) is 4.15. The number of aliphatic hydroxyl groups is 1. The maximum Gasteiger partial charge on any atom is 0.332 e. The van der Waals surface area contributed by atoms with Crippen LogP contribution in [-0.4, -0.2) is 42.8 Å². The van der Waals surface area contributed by atoms with Crippen molar-refractivity contribution in [2.24, 2.45) is 0 Å². The minimum Gasteiger partial charge on any atom is -0.501 e. The minimum atomic E-state index is -0.875. The summed E-state index contributed by atoms with van der Waals surface area (Å²) in [7, 11) is 0. The summed E-state index contributed by atoms with van der Waals surface area (Å²) >= 11 is 0. The molecule has 0 radical (unpaired) electrons. The third-order valence-electron chi connectivity index (χ3n) is 5.75. The molecule has 0 saturated heterocycles. The van der Waals surface area contributed by atoms with E-state index < -0.39 is 35.1 Å². The van der Waals surface area contributed by atoms with Crippen LogP contribution in [0.2, 0.25) is 0 Å². The monoisotopic (exact) mass is 403 g/mol. The van der Waals surface area contributed by atoms with Crippen LogP contribution in [0, 0.1) is 5.82 Å². The second-order valence-electron chi connectivity index (χ2n) is 7.62. The van der Waals surface area contributed by atoms with E-state index in [1.54, 1.807) is 12.1 Å². The van der Waals surface area contributed by atoms with Crippen LogP contribution in [0.5, 0.6) is 5.75 Å². The molecule has 1 saturated carbocycles. The fraction of sp³-hybridized carbons (Fsp3) is 0.450. The van der Waals surface area contributed by atoms with Crippen molar-refractivity contribution in [1.82, 2.24) is 14.0 Å². The number of fused-ring (bicyclic) bond motifs is 1. The first-order valence-corrected chi connectivity index (χ1v) is 9.67. The standard InChI is InChI=1S/C20H22FN3O5/c21-13-3-1-12(2-4-13)11-22-9-10-23-16(18(22)27)17(26)19(28)24(20(23)29)14-5-7-15(25)8-6-14/h1-4,14-15,25-26H,5-11H2/t14-,15-. The van der Waals surface area contributed by atoms with Gasteiger partial charge in [-0.15, -0.1) is 0 Å². The van der Waals surface area contributed by atoms with Crippen LogP contribution in [-0.2, 0) is 13.1 Å². The van der Waals surface area contributed by atoms with Crippen LogP contribution in [0.25, 0.3) is 0 Å². The molecule has 154 valence electrons. The number of aliphatic hydroxyl groups excluding tert-OH is 1. The summed E-state index contributed by atoms with van der Waals surface area (Å²) in [6.45, 7) is 0.546. The largest absolute Gasteiger partial charge is 0.501 e. The van der Waals surface area contributed by atoms with Gasteiger partial charge in [0.05, 0.1) is 6.10 Å². The first-order valence-electron chi connectivity index (χ1n) is 9.67. The highest BCUT2D eigenvalue weighted by atomic mass is 19.1. The van der Waals surface area contributed by atoms with Crippen molar-refractivity contribution < 1.29 is 19.4 Å². The van der Waals surface area contributed by atoms with Crippen LogP contribution in [0.1, 0.15) is 47.8 Å². The molecule has 8 nitrogen and oxygen atoms in total. The Labute approximate surface area is 165 Å². The smallest absolute Gasteiger partial charge is 0.332 e. The van der Waals surface area contributed by atoms with Gasteiger partial charge in [-0.3, -0.25) is 18.7 Å². The number of carbonyl (C=O) groups excluding carboxylic acids is 1. The molecule has 0 spiro atoms. The molecule has 2 aliphatic rings. The summed E-state index contributed by atoms with van der Waals surface area (Å²) in [5.74, 6) is -1.73. The Bertz CT molecular complexity index is 1050. The molecule has 29 heavy (non-hydrogen) atoms. The minimum absolute atomic E-state index is 0.143. The van der Waals surface area contributed by atoms with Gasteiger partial charge < -0.3 is 15.1 Å². The van der Waals surface area contributed by atoms with Crippen molar-refractivity contribution in [3.05, 3.63) is 62.2 Å². The number of hydrogen-bond donors (Lipinski definition) is 2. The number of nitrogens with zero attached hydrogens (tertiary/aromatic N) is 3. The molecule has 1 aromatic heterocycles. The molecule has 2 heterocycles. The van der Waals surface area contributed by atoms with Crippen LogP contribution < -0.4 is 11.2 Å². The predicted molar refractivity (Wildman–Crippen MR) is 101 cm³/mol. The molecular formula is C20H22FN3O5. The number of hydrogen-bond acceptors (Lipinski definition) is 5. The van der Waals surface area contributed by atoms with Gasteiger partial charge in [0.1, 0.15) is 5.82 Å². The Hall–Kier alpha value is -2.94. The Morgan fingerprint density at radius 1 is 1.00 bits per heavy atom. The van der Waals surface area contributed by atoms with E-state index >= 15 is 0 Å². The SMILES string of the molecule is O=C1c2c(O)c(=O)n([C@H]3CC[C@H](O)CC3)c(=O)n2CCN1Cc1ccc(F)cc1. The Morgan fingerprint density at radius 3 is 2.31 bits per heavy atom. The fourth-order valence-corrected chi connectivity index (χ4v) is 4.15. The summed E-state index contributed by atoms with van der Waals surface area (Å²) in [5.41, 5.74) is -1.09. The summed E-state index contributed by atoms with van der Waals surface area (Å²) in [5, 5.41) is 20.2. The van der Waals surface area contributed by atoms with Gasteiger partial charge in [0.2, 0.25) is 5.75 Å². The van der Waals surface area contributed by atoms with E-state index in [1.165, 1.54) is 17.0 Å². The molecule has 0 atom stereocenters. The molecule has 2 N–H and O–H groups in total. The highest BCUT2D eigenvalue weighted by Crippen LogP contribution is 2.28. The third kappa shape index (κ3) is 3.46. The average molecular weight is 403 g/mol.